The number of carbonyl (C=O) groups excluding carboxylic acids is 2. The molecule has 1 amide bonds. The summed E-state index contributed by atoms with van der Waals surface area (Å²) in [5.41, 5.74) is -0.521. The molecule has 1 fully saturated rings. The summed E-state index contributed by atoms with van der Waals surface area (Å²) in [6.45, 7) is 6.37. The van der Waals surface area contributed by atoms with Crippen LogP contribution in [0.25, 0.3) is 0 Å². The molecular weight excluding hydrogens is 238 g/mol. The zero-order valence-electron chi connectivity index (χ0n) is 10.4. The molecule has 94 valence electrons. The third-order valence-corrected chi connectivity index (χ3v) is 3.34. The van der Waals surface area contributed by atoms with Gasteiger partial charge in [-0.25, -0.2) is 4.79 Å². The van der Waals surface area contributed by atoms with Crippen LogP contribution in [0.2, 0.25) is 0 Å². The summed E-state index contributed by atoms with van der Waals surface area (Å²) in [6.07, 6.45) is 4.70. The second-order valence-electron chi connectivity index (χ2n) is 4.79. The molecule has 1 heterocycles. The van der Waals surface area contributed by atoms with Gasteiger partial charge < -0.3 is 9.64 Å². The second kappa shape index (κ2) is 5.46. The summed E-state index contributed by atoms with van der Waals surface area (Å²) >= 11 is 1.49. The number of Topliss-reactive ketones (excluding diaryl/α,β-unsaturated/α-hetero) is 1. The van der Waals surface area contributed by atoms with E-state index in [1.165, 1.54) is 11.8 Å². The number of ether oxygens (including phenoxy) is 1. The Hall–Kier alpha value is -1.15. The van der Waals surface area contributed by atoms with Crippen molar-refractivity contribution < 1.29 is 14.3 Å². The van der Waals surface area contributed by atoms with Crippen LogP contribution in [0.1, 0.15) is 20.8 Å². The van der Waals surface area contributed by atoms with Gasteiger partial charge in [-0.05, 0) is 26.7 Å². The molecular formula is C12H17NO3S. The lowest BCUT2D eigenvalue weighted by atomic mass is 10.2. The van der Waals surface area contributed by atoms with E-state index in [0.29, 0.717) is 18.8 Å². The van der Waals surface area contributed by atoms with Gasteiger partial charge >= 0.3 is 6.09 Å². The Kier molecular flexibility index (Phi) is 4.47. The molecule has 0 radical (unpaired) electrons. The van der Waals surface area contributed by atoms with E-state index in [-0.39, 0.29) is 17.1 Å². The molecule has 5 heteroatoms. The standard InChI is InChI=1S/C12H17NO3S/c1-5-9(14)10-8-13(6-7-17-10)11(15)16-12(2,3)4/h1,10H,6-8H2,2-4H3. The number of hydrogen-bond donors (Lipinski definition) is 0. The van der Waals surface area contributed by atoms with E-state index in [4.69, 9.17) is 11.2 Å². The largest absolute Gasteiger partial charge is 0.444 e. The molecule has 0 spiro atoms. The van der Waals surface area contributed by atoms with Crippen molar-refractivity contribution >= 4 is 23.6 Å². The Morgan fingerprint density at radius 3 is 2.65 bits per heavy atom. The minimum atomic E-state index is -0.521. The molecule has 4 nitrogen and oxygen atoms in total. The molecule has 0 aromatic heterocycles. The molecule has 0 aromatic carbocycles. The molecule has 0 bridgehead atoms. The van der Waals surface area contributed by atoms with Crippen molar-refractivity contribution in [2.75, 3.05) is 18.8 Å². The zero-order chi connectivity index (χ0) is 13.1. The van der Waals surface area contributed by atoms with Gasteiger partial charge in [0.15, 0.2) is 0 Å². The van der Waals surface area contributed by atoms with Crippen molar-refractivity contribution in [1.82, 2.24) is 4.90 Å². The minimum Gasteiger partial charge on any atom is -0.444 e. The van der Waals surface area contributed by atoms with Gasteiger partial charge in [0.1, 0.15) is 5.60 Å². The van der Waals surface area contributed by atoms with Crippen molar-refractivity contribution in [1.29, 1.82) is 0 Å². The summed E-state index contributed by atoms with van der Waals surface area (Å²) in [5.74, 6) is 2.55. The molecule has 0 N–H and O–H groups in total. The first-order valence-electron chi connectivity index (χ1n) is 5.43. The maximum absolute atomic E-state index is 11.8. The van der Waals surface area contributed by atoms with Gasteiger partial charge in [-0.15, -0.1) is 18.2 Å². The van der Waals surface area contributed by atoms with E-state index in [1.54, 1.807) is 4.90 Å². The smallest absolute Gasteiger partial charge is 0.410 e. The number of thioether (sulfide) groups is 1. The van der Waals surface area contributed by atoms with Crippen LogP contribution in [0.4, 0.5) is 4.79 Å². The predicted molar refractivity (Wildman–Crippen MR) is 67.9 cm³/mol. The van der Waals surface area contributed by atoms with E-state index in [9.17, 15) is 9.59 Å². The highest BCUT2D eigenvalue weighted by Gasteiger charge is 2.30. The Morgan fingerprint density at radius 1 is 1.47 bits per heavy atom. The maximum Gasteiger partial charge on any atom is 0.410 e. The van der Waals surface area contributed by atoms with Gasteiger partial charge in [0, 0.05) is 18.8 Å². The number of rotatable bonds is 1. The normalized spacial score (nSPS) is 20.6. The summed E-state index contributed by atoms with van der Waals surface area (Å²) in [6, 6.07) is 0. The lowest BCUT2D eigenvalue weighted by Crippen LogP contribution is -2.46. The monoisotopic (exact) mass is 255 g/mol. The molecule has 0 aliphatic carbocycles. The lowest BCUT2D eigenvalue weighted by molar-refractivity contribution is -0.113. The lowest BCUT2D eigenvalue weighted by Gasteiger charge is -2.32. The van der Waals surface area contributed by atoms with Crippen molar-refractivity contribution in [3.8, 4) is 12.3 Å². The number of ketones is 1. The minimum absolute atomic E-state index is 0.261. The summed E-state index contributed by atoms with van der Waals surface area (Å²) in [4.78, 5) is 24.7. The first-order valence-corrected chi connectivity index (χ1v) is 6.48. The number of carbonyl (C=O) groups is 2. The van der Waals surface area contributed by atoms with Gasteiger partial charge in [-0.1, -0.05) is 0 Å². The van der Waals surface area contributed by atoms with Gasteiger partial charge in [0.05, 0.1) is 5.25 Å². The molecule has 0 saturated carbocycles. The SMILES string of the molecule is C#CC(=O)C1CN(C(=O)OC(C)(C)C)CCS1. The molecule has 1 saturated heterocycles. The van der Waals surface area contributed by atoms with Gasteiger partial charge in [-0.2, -0.15) is 0 Å². The Balaban J connectivity index is 2.58. The number of hydrogen-bond acceptors (Lipinski definition) is 4. The van der Waals surface area contributed by atoms with Crippen LogP contribution < -0.4 is 0 Å². The Morgan fingerprint density at radius 2 is 2.12 bits per heavy atom. The van der Waals surface area contributed by atoms with E-state index < -0.39 is 5.60 Å². The van der Waals surface area contributed by atoms with Gasteiger partial charge in [-0.3, -0.25) is 4.79 Å². The molecule has 0 aromatic rings. The van der Waals surface area contributed by atoms with Crippen molar-refractivity contribution in [3.63, 3.8) is 0 Å². The predicted octanol–water partition coefficient (Wildman–Crippen LogP) is 1.54. The van der Waals surface area contributed by atoms with Gasteiger partial charge in [0.25, 0.3) is 0 Å². The Bertz CT molecular complexity index is 354. The quantitative estimate of drug-likeness (QED) is 0.527. The van der Waals surface area contributed by atoms with Crippen LogP contribution in [0, 0.1) is 12.3 Å². The van der Waals surface area contributed by atoms with E-state index in [0.717, 1.165) is 0 Å². The third-order valence-electron chi connectivity index (χ3n) is 2.15. The van der Waals surface area contributed by atoms with Crippen molar-refractivity contribution in [2.24, 2.45) is 0 Å². The second-order valence-corrected chi connectivity index (χ2v) is 6.10. The van der Waals surface area contributed by atoms with Crippen LogP contribution in [0.3, 0.4) is 0 Å². The number of terminal acetylenes is 1. The van der Waals surface area contributed by atoms with Crippen LogP contribution in [-0.2, 0) is 9.53 Å². The highest BCUT2D eigenvalue weighted by molar-refractivity contribution is 8.00. The number of amides is 1. The van der Waals surface area contributed by atoms with E-state index in [2.05, 4.69) is 5.92 Å². The topological polar surface area (TPSA) is 46.6 Å². The molecule has 17 heavy (non-hydrogen) atoms. The van der Waals surface area contributed by atoms with Gasteiger partial charge in [0.2, 0.25) is 5.78 Å². The number of nitrogens with zero attached hydrogens (tertiary/aromatic N) is 1. The van der Waals surface area contributed by atoms with Crippen LogP contribution in [0.15, 0.2) is 0 Å². The fraction of sp³-hybridized carbons (Fsp3) is 0.667. The third kappa shape index (κ3) is 4.31. The molecule has 1 rings (SSSR count). The van der Waals surface area contributed by atoms with Crippen LogP contribution >= 0.6 is 11.8 Å². The maximum atomic E-state index is 11.8. The molecule has 1 aliphatic rings. The Labute approximate surface area is 106 Å². The first kappa shape index (κ1) is 13.9. The summed E-state index contributed by atoms with van der Waals surface area (Å²) in [5, 5.41) is -0.318. The molecule has 1 atom stereocenters. The first-order chi connectivity index (χ1) is 7.83. The van der Waals surface area contributed by atoms with Crippen LogP contribution in [-0.4, -0.2) is 46.5 Å². The zero-order valence-corrected chi connectivity index (χ0v) is 11.2. The molecule has 1 unspecified atom stereocenters. The van der Waals surface area contributed by atoms with Crippen LogP contribution in [0.5, 0.6) is 0 Å². The highest BCUT2D eigenvalue weighted by atomic mass is 32.2. The van der Waals surface area contributed by atoms with E-state index in [1.807, 2.05) is 20.8 Å². The van der Waals surface area contributed by atoms with Crippen molar-refractivity contribution in [2.45, 2.75) is 31.6 Å². The fourth-order valence-electron chi connectivity index (χ4n) is 1.39. The highest BCUT2D eigenvalue weighted by Crippen LogP contribution is 2.21. The van der Waals surface area contributed by atoms with E-state index >= 15 is 0 Å². The fourth-order valence-corrected chi connectivity index (χ4v) is 2.51. The summed E-state index contributed by atoms with van der Waals surface area (Å²) < 4.78 is 5.25. The van der Waals surface area contributed by atoms with Crippen molar-refractivity contribution in [3.05, 3.63) is 0 Å². The average molecular weight is 255 g/mol. The summed E-state index contributed by atoms with van der Waals surface area (Å²) in [7, 11) is 0. The average Bonchev–Trinajstić information content (AvgIpc) is 2.26. The molecule has 1 aliphatic heterocycles.